The van der Waals surface area contributed by atoms with E-state index < -0.39 is 0 Å². The maximum atomic E-state index is 11.6. The van der Waals surface area contributed by atoms with Crippen LogP contribution in [0.4, 0.5) is 0 Å². The van der Waals surface area contributed by atoms with Crippen molar-refractivity contribution in [1.29, 1.82) is 0 Å². The highest BCUT2D eigenvalue weighted by Crippen LogP contribution is 2.11. The second kappa shape index (κ2) is 5.95. The van der Waals surface area contributed by atoms with Crippen LogP contribution in [0.15, 0.2) is 24.3 Å². The lowest BCUT2D eigenvalue weighted by molar-refractivity contribution is -0.116. The van der Waals surface area contributed by atoms with E-state index in [2.05, 4.69) is 4.79 Å². The van der Waals surface area contributed by atoms with Gasteiger partial charge in [-0.3, -0.25) is 9.59 Å². The highest BCUT2D eigenvalue weighted by molar-refractivity contribution is 6.30. The highest BCUT2D eigenvalue weighted by atomic mass is 35.5. The van der Waals surface area contributed by atoms with E-state index in [-0.39, 0.29) is 24.4 Å². The first-order valence-electron chi connectivity index (χ1n) is 4.62. The first-order valence-corrected chi connectivity index (χ1v) is 5.00. The summed E-state index contributed by atoms with van der Waals surface area (Å²) in [5.74, 6) is -0.527. The third-order valence-corrected chi connectivity index (χ3v) is 2.22. The van der Waals surface area contributed by atoms with Crippen molar-refractivity contribution in [3.63, 3.8) is 0 Å². The SMILES string of the molecule is [N-]=[N+]=CC(=O)CCC(=O)c1ccc(Cl)cc1. The molecule has 0 heterocycles. The summed E-state index contributed by atoms with van der Waals surface area (Å²) < 4.78 is 0. The van der Waals surface area contributed by atoms with Gasteiger partial charge in [-0.2, -0.15) is 4.79 Å². The maximum Gasteiger partial charge on any atom is 0.323 e. The lowest BCUT2D eigenvalue weighted by Crippen LogP contribution is -2.05. The zero-order chi connectivity index (χ0) is 12.0. The minimum Gasteiger partial charge on any atom is -0.361 e. The molecule has 4 nitrogen and oxygen atoms in total. The van der Waals surface area contributed by atoms with E-state index in [4.69, 9.17) is 17.1 Å². The van der Waals surface area contributed by atoms with Crippen LogP contribution in [0.3, 0.4) is 0 Å². The molecule has 0 saturated carbocycles. The van der Waals surface area contributed by atoms with Crippen LogP contribution in [0.2, 0.25) is 5.02 Å². The number of rotatable bonds is 5. The van der Waals surface area contributed by atoms with Gasteiger partial charge in [-0.25, -0.2) is 0 Å². The van der Waals surface area contributed by atoms with Crippen LogP contribution < -0.4 is 0 Å². The van der Waals surface area contributed by atoms with Crippen molar-refractivity contribution in [3.8, 4) is 0 Å². The van der Waals surface area contributed by atoms with Crippen molar-refractivity contribution < 1.29 is 14.4 Å². The summed E-state index contributed by atoms with van der Waals surface area (Å²) in [7, 11) is 0. The molecule has 0 aromatic heterocycles. The zero-order valence-electron chi connectivity index (χ0n) is 8.39. The molecule has 0 N–H and O–H groups in total. The number of nitrogens with zero attached hydrogens (tertiary/aromatic N) is 2. The molecule has 0 spiro atoms. The Morgan fingerprint density at radius 1 is 1.25 bits per heavy atom. The van der Waals surface area contributed by atoms with Crippen LogP contribution in [-0.4, -0.2) is 22.6 Å². The molecule has 1 rings (SSSR count). The average molecular weight is 237 g/mol. The third-order valence-electron chi connectivity index (χ3n) is 1.97. The summed E-state index contributed by atoms with van der Waals surface area (Å²) in [4.78, 5) is 25.1. The van der Waals surface area contributed by atoms with E-state index in [1.807, 2.05) is 0 Å². The molecule has 0 atom stereocenters. The summed E-state index contributed by atoms with van der Waals surface area (Å²) in [5.41, 5.74) is 8.61. The standard InChI is InChI=1S/C11H9ClN2O2/c12-9-3-1-8(2-4-9)11(16)6-5-10(15)7-14-13/h1-4,7H,5-6H2. The van der Waals surface area contributed by atoms with Crippen molar-refractivity contribution in [2.75, 3.05) is 0 Å². The Morgan fingerprint density at radius 3 is 2.44 bits per heavy atom. The topological polar surface area (TPSA) is 70.5 Å². The Balaban J connectivity index is 2.56. The molecular weight excluding hydrogens is 228 g/mol. The number of Topliss-reactive ketones (excluding diaryl/α,β-unsaturated/α-hetero) is 2. The Kier molecular flexibility index (Phi) is 4.58. The molecule has 1 aromatic carbocycles. The van der Waals surface area contributed by atoms with Gasteiger partial charge in [0, 0.05) is 23.4 Å². The summed E-state index contributed by atoms with van der Waals surface area (Å²) in [6, 6.07) is 6.45. The summed E-state index contributed by atoms with van der Waals surface area (Å²) >= 11 is 5.67. The smallest absolute Gasteiger partial charge is 0.323 e. The highest BCUT2D eigenvalue weighted by Gasteiger charge is 2.09. The van der Waals surface area contributed by atoms with E-state index in [1.165, 1.54) is 0 Å². The third kappa shape index (κ3) is 3.77. The second-order valence-corrected chi connectivity index (χ2v) is 3.58. The maximum absolute atomic E-state index is 11.6. The molecule has 0 bridgehead atoms. The van der Waals surface area contributed by atoms with Gasteiger partial charge in [-0.05, 0) is 24.3 Å². The monoisotopic (exact) mass is 236 g/mol. The Morgan fingerprint density at radius 2 is 1.88 bits per heavy atom. The predicted octanol–water partition coefficient (Wildman–Crippen LogP) is 2.17. The molecule has 1 aromatic rings. The lowest BCUT2D eigenvalue weighted by Gasteiger charge is -1.98. The molecular formula is C11H9ClN2O2. The van der Waals surface area contributed by atoms with Gasteiger partial charge in [0.2, 0.25) is 5.78 Å². The van der Waals surface area contributed by atoms with Crippen molar-refractivity contribution in [2.24, 2.45) is 0 Å². The van der Waals surface area contributed by atoms with Crippen LogP contribution >= 0.6 is 11.6 Å². The van der Waals surface area contributed by atoms with E-state index in [1.54, 1.807) is 24.3 Å². The Hall–Kier alpha value is -1.77. The van der Waals surface area contributed by atoms with Gasteiger partial charge in [0.15, 0.2) is 5.78 Å². The van der Waals surface area contributed by atoms with Gasteiger partial charge in [0.1, 0.15) is 0 Å². The molecule has 0 aliphatic rings. The molecule has 0 radical (unpaired) electrons. The molecule has 5 heteroatoms. The number of carbonyl (C=O) groups excluding carboxylic acids is 2. The minimum atomic E-state index is -0.384. The Labute approximate surface area is 97.5 Å². The fourth-order valence-corrected chi connectivity index (χ4v) is 1.27. The van der Waals surface area contributed by atoms with E-state index in [0.717, 1.165) is 6.21 Å². The molecule has 0 aliphatic heterocycles. The van der Waals surface area contributed by atoms with Crippen molar-refractivity contribution in [3.05, 3.63) is 40.4 Å². The molecule has 0 saturated heterocycles. The number of hydrogen-bond donors (Lipinski definition) is 0. The van der Waals surface area contributed by atoms with Crippen molar-refractivity contribution in [1.82, 2.24) is 0 Å². The molecule has 0 unspecified atom stereocenters. The number of hydrogen-bond acceptors (Lipinski definition) is 2. The van der Waals surface area contributed by atoms with E-state index in [0.29, 0.717) is 10.6 Å². The summed E-state index contributed by atoms with van der Waals surface area (Å²) in [6.45, 7) is 0. The van der Waals surface area contributed by atoms with Gasteiger partial charge in [0.05, 0.1) is 0 Å². The molecule has 82 valence electrons. The van der Waals surface area contributed by atoms with Crippen LogP contribution in [0.1, 0.15) is 23.2 Å². The largest absolute Gasteiger partial charge is 0.361 e. The first-order chi connectivity index (χ1) is 7.63. The van der Waals surface area contributed by atoms with Gasteiger partial charge >= 0.3 is 6.21 Å². The first kappa shape index (κ1) is 12.3. The van der Waals surface area contributed by atoms with E-state index in [9.17, 15) is 9.59 Å². The van der Waals surface area contributed by atoms with Crippen molar-refractivity contribution >= 4 is 29.4 Å². The average Bonchev–Trinajstić information content (AvgIpc) is 2.27. The number of halogens is 1. The van der Waals surface area contributed by atoms with Crippen LogP contribution in [0.25, 0.3) is 5.53 Å². The van der Waals surface area contributed by atoms with Crippen molar-refractivity contribution in [2.45, 2.75) is 12.8 Å². The van der Waals surface area contributed by atoms with Gasteiger partial charge in [-0.1, -0.05) is 11.6 Å². The van der Waals surface area contributed by atoms with E-state index >= 15 is 0 Å². The van der Waals surface area contributed by atoms with Gasteiger partial charge in [0.25, 0.3) is 0 Å². The summed E-state index contributed by atoms with van der Waals surface area (Å²) in [5, 5.41) is 0.556. The molecule has 0 fully saturated rings. The minimum absolute atomic E-state index is 0.0333. The predicted molar refractivity (Wildman–Crippen MR) is 59.7 cm³/mol. The zero-order valence-corrected chi connectivity index (χ0v) is 9.15. The van der Waals surface area contributed by atoms with Crippen LogP contribution in [0, 0.1) is 0 Å². The molecule has 0 aliphatic carbocycles. The Bertz CT molecular complexity index is 448. The van der Waals surface area contributed by atoms with Crippen LogP contribution in [-0.2, 0) is 4.79 Å². The molecule has 16 heavy (non-hydrogen) atoms. The molecule has 0 amide bonds. The summed E-state index contributed by atoms with van der Waals surface area (Å²) in [6.07, 6.45) is 0.910. The quantitative estimate of drug-likeness (QED) is 0.340. The van der Waals surface area contributed by atoms with Gasteiger partial charge < -0.3 is 5.53 Å². The normalized spacial score (nSPS) is 9.31. The fraction of sp³-hybridized carbons (Fsp3) is 0.182. The fourth-order valence-electron chi connectivity index (χ4n) is 1.15. The number of ketones is 2. The number of benzene rings is 1. The van der Waals surface area contributed by atoms with Gasteiger partial charge in [-0.15, -0.1) is 0 Å². The number of carbonyl (C=O) groups is 2. The lowest BCUT2D eigenvalue weighted by atomic mass is 10.1. The second-order valence-electron chi connectivity index (χ2n) is 3.14. The van der Waals surface area contributed by atoms with Crippen LogP contribution in [0.5, 0.6) is 0 Å².